The first-order chi connectivity index (χ1) is 8.34. The normalized spacial score (nSPS) is 15.1. The van der Waals surface area contributed by atoms with Crippen LogP contribution in [0.3, 0.4) is 0 Å². The van der Waals surface area contributed by atoms with Crippen molar-refractivity contribution in [2.45, 2.75) is 38.6 Å². The lowest BCUT2D eigenvalue weighted by Gasteiger charge is -2.06. The van der Waals surface area contributed by atoms with Crippen molar-refractivity contribution < 1.29 is 0 Å². The van der Waals surface area contributed by atoms with Gasteiger partial charge in [0, 0.05) is 6.04 Å². The van der Waals surface area contributed by atoms with E-state index in [2.05, 4.69) is 41.8 Å². The summed E-state index contributed by atoms with van der Waals surface area (Å²) >= 11 is 0. The molecule has 0 spiro atoms. The van der Waals surface area contributed by atoms with Crippen molar-refractivity contribution in [3.8, 4) is 0 Å². The van der Waals surface area contributed by atoms with Crippen LogP contribution in [0.15, 0.2) is 24.3 Å². The summed E-state index contributed by atoms with van der Waals surface area (Å²) in [6.07, 6.45) is 5.16. The molecule has 1 aliphatic carbocycles. The molecule has 0 heterocycles. The second-order valence-electron chi connectivity index (χ2n) is 5.07. The van der Waals surface area contributed by atoms with Crippen LogP contribution in [-0.4, -0.2) is 25.7 Å². The standard InChI is InChI=1S/C15H24N2/c1-13-4-2-5-14(12-13)8-11-16-9-3-10-17-15-6-7-15/h2,4-5,12,15-17H,3,6-11H2,1H3. The number of hydrogen-bond acceptors (Lipinski definition) is 2. The van der Waals surface area contributed by atoms with Crippen molar-refractivity contribution in [2.75, 3.05) is 19.6 Å². The van der Waals surface area contributed by atoms with Gasteiger partial charge in [0.1, 0.15) is 0 Å². The molecule has 94 valence electrons. The lowest BCUT2D eigenvalue weighted by Crippen LogP contribution is -2.24. The fourth-order valence-corrected chi connectivity index (χ4v) is 2.03. The average Bonchev–Trinajstić information content (AvgIpc) is 3.12. The van der Waals surface area contributed by atoms with Crippen LogP contribution in [0.2, 0.25) is 0 Å². The molecule has 2 N–H and O–H groups in total. The summed E-state index contributed by atoms with van der Waals surface area (Å²) in [5, 5.41) is 7.04. The van der Waals surface area contributed by atoms with Gasteiger partial charge >= 0.3 is 0 Å². The fraction of sp³-hybridized carbons (Fsp3) is 0.600. The Morgan fingerprint density at radius 1 is 1.18 bits per heavy atom. The first-order valence-corrected chi connectivity index (χ1v) is 6.84. The van der Waals surface area contributed by atoms with Gasteiger partial charge in [-0.05, 0) is 57.8 Å². The highest BCUT2D eigenvalue weighted by atomic mass is 14.9. The topological polar surface area (TPSA) is 24.1 Å². The molecule has 2 nitrogen and oxygen atoms in total. The number of aryl methyl sites for hydroxylation is 1. The second kappa shape index (κ2) is 6.77. The Kier molecular flexibility index (Phi) is 5.02. The van der Waals surface area contributed by atoms with Crippen molar-refractivity contribution in [1.82, 2.24) is 10.6 Å². The molecule has 2 heteroatoms. The lowest BCUT2D eigenvalue weighted by molar-refractivity contribution is 0.594. The van der Waals surface area contributed by atoms with Crippen LogP contribution in [0.25, 0.3) is 0 Å². The quantitative estimate of drug-likeness (QED) is 0.672. The Bertz CT molecular complexity index is 331. The van der Waals surface area contributed by atoms with Crippen molar-refractivity contribution in [3.05, 3.63) is 35.4 Å². The Morgan fingerprint density at radius 2 is 2.06 bits per heavy atom. The van der Waals surface area contributed by atoms with Crippen molar-refractivity contribution in [2.24, 2.45) is 0 Å². The highest BCUT2D eigenvalue weighted by Gasteiger charge is 2.19. The maximum absolute atomic E-state index is 3.53. The van der Waals surface area contributed by atoms with E-state index in [1.165, 1.54) is 36.9 Å². The summed E-state index contributed by atoms with van der Waals surface area (Å²) in [6.45, 7) is 5.54. The van der Waals surface area contributed by atoms with Gasteiger partial charge in [-0.15, -0.1) is 0 Å². The van der Waals surface area contributed by atoms with Crippen LogP contribution >= 0.6 is 0 Å². The largest absolute Gasteiger partial charge is 0.316 e. The minimum absolute atomic E-state index is 0.849. The molecule has 1 saturated carbocycles. The predicted molar refractivity (Wildman–Crippen MR) is 73.4 cm³/mol. The van der Waals surface area contributed by atoms with Crippen LogP contribution in [0, 0.1) is 6.92 Å². The van der Waals surface area contributed by atoms with E-state index in [1.54, 1.807) is 0 Å². The van der Waals surface area contributed by atoms with E-state index in [0.29, 0.717) is 0 Å². The third kappa shape index (κ3) is 5.33. The first-order valence-electron chi connectivity index (χ1n) is 6.84. The highest BCUT2D eigenvalue weighted by Crippen LogP contribution is 2.18. The van der Waals surface area contributed by atoms with Gasteiger partial charge in [0.15, 0.2) is 0 Å². The van der Waals surface area contributed by atoms with E-state index >= 15 is 0 Å². The van der Waals surface area contributed by atoms with Gasteiger partial charge in [0.25, 0.3) is 0 Å². The molecule has 0 radical (unpaired) electrons. The Balaban J connectivity index is 1.47. The smallest absolute Gasteiger partial charge is 0.00682 e. The molecule has 0 amide bonds. The fourth-order valence-electron chi connectivity index (χ4n) is 2.03. The van der Waals surface area contributed by atoms with Gasteiger partial charge in [-0.3, -0.25) is 0 Å². The van der Waals surface area contributed by atoms with E-state index in [-0.39, 0.29) is 0 Å². The van der Waals surface area contributed by atoms with Crippen molar-refractivity contribution in [3.63, 3.8) is 0 Å². The molecule has 0 unspecified atom stereocenters. The molecule has 0 aromatic heterocycles. The Hall–Kier alpha value is -0.860. The summed E-state index contributed by atoms with van der Waals surface area (Å²) < 4.78 is 0. The van der Waals surface area contributed by atoms with Gasteiger partial charge in [-0.2, -0.15) is 0 Å². The zero-order valence-electron chi connectivity index (χ0n) is 10.8. The van der Waals surface area contributed by atoms with Gasteiger partial charge in [-0.1, -0.05) is 29.8 Å². The second-order valence-corrected chi connectivity index (χ2v) is 5.07. The molecule has 1 aromatic rings. The summed E-state index contributed by atoms with van der Waals surface area (Å²) in [4.78, 5) is 0. The van der Waals surface area contributed by atoms with Gasteiger partial charge < -0.3 is 10.6 Å². The maximum Gasteiger partial charge on any atom is 0.00682 e. The first kappa shape index (κ1) is 12.6. The molecular weight excluding hydrogens is 208 g/mol. The van der Waals surface area contributed by atoms with Crippen LogP contribution in [0.4, 0.5) is 0 Å². The summed E-state index contributed by atoms with van der Waals surface area (Å²) in [7, 11) is 0. The Morgan fingerprint density at radius 3 is 2.82 bits per heavy atom. The number of rotatable bonds is 8. The minimum Gasteiger partial charge on any atom is -0.316 e. The van der Waals surface area contributed by atoms with E-state index in [1.807, 2.05) is 0 Å². The van der Waals surface area contributed by atoms with E-state index in [0.717, 1.165) is 25.6 Å². The van der Waals surface area contributed by atoms with E-state index in [9.17, 15) is 0 Å². The summed E-state index contributed by atoms with van der Waals surface area (Å²) in [6, 6.07) is 9.63. The predicted octanol–water partition coefficient (Wildman–Crippen LogP) is 2.27. The van der Waals surface area contributed by atoms with Gasteiger partial charge in [-0.25, -0.2) is 0 Å². The average molecular weight is 232 g/mol. The van der Waals surface area contributed by atoms with Crippen LogP contribution < -0.4 is 10.6 Å². The zero-order chi connectivity index (χ0) is 11.9. The van der Waals surface area contributed by atoms with Crippen LogP contribution in [0.5, 0.6) is 0 Å². The molecule has 1 fully saturated rings. The van der Waals surface area contributed by atoms with Crippen LogP contribution in [-0.2, 0) is 6.42 Å². The number of nitrogens with one attached hydrogen (secondary N) is 2. The van der Waals surface area contributed by atoms with E-state index < -0.39 is 0 Å². The SMILES string of the molecule is Cc1cccc(CCNCCCNC2CC2)c1. The zero-order valence-corrected chi connectivity index (χ0v) is 10.8. The number of benzene rings is 1. The third-order valence-electron chi connectivity index (χ3n) is 3.21. The molecule has 0 atom stereocenters. The molecule has 17 heavy (non-hydrogen) atoms. The minimum atomic E-state index is 0.849. The highest BCUT2D eigenvalue weighted by molar-refractivity contribution is 5.22. The van der Waals surface area contributed by atoms with Gasteiger partial charge in [0.05, 0.1) is 0 Å². The summed E-state index contributed by atoms with van der Waals surface area (Å²) in [5.74, 6) is 0. The molecule has 1 aliphatic rings. The molecule has 1 aromatic carbocycles. The number of hydrogen-bond donors (Lipinski definition) is 2. The Labute approximate surface area is 105 Å². The summed E-state index contributed by atoms with van der Waals surface area (Å²) in [5.41, 5.74) is 2.80. The molecule has 2 rings (SSSR count). The van der Waals surface area contributed by atoms with Crippen molar-refractivity contribution >= 4 is 0 Å². The molecular formula is C15H24N2. The molecule has 0 bridgehead atoms. The monoisotopic (exact) mass is 232 g/mol. The third-order valence-corrected chi connectivity index (χ3v) is 3.21. The van der Waals surface area contributed by atoms with E-state index in [4.69, 9.17) is 0 Å². The molecule has 0 aliphatic heterocycles. The van der Waals surface area contributed by atoms with Crippen molar-refractivity contribution in [1.29, 1.82) is 0 Å². The molecule has 0 saturated heterocycles. The van der Waals surface area contributed by atoms with Gasteiger partial charge in [0.2, 0.25) is 0 Å². The maximum atomic E-state index is 3.53. The lowest BCUT2D eigenvalue weighted by atomic mass is 10.1. The van der Waals surface area contributed by atoms with Crippen LogP contribution in [0.1, 0.15) is 30.4 Å².